The molecule has 0 aliphatic rings. The smallest absolute Gasteiger partial charge is 0.226 e. The number of aliphatic hydroxyl groups is 1. The van der Waals surface area contributed by atoms with Crippen molar-refractivity contribution in [2.75, 3.05) is 23.8 Å². The monoisotopic (exact) mass is 312 g/mol. The van der Waals surface area contributed by atoms with Crippen LogP contribution in [0.25, 0.3) is 11.2 Å². The molecule has 0 amide bonds. The summed E-state index contributed by atoms with van der Waals surface area (Å²) in [5, 5.41) is 15.3. The summed E-state index contributed by atoms with van der Waals surface area (Å²) in [4.78, 5) is 13.3. The zero-order valence-corrected chi connectivity index (χ0v) is 13.2. The molecule has 3 N–H and O–H groups in total. The molecule has 3 rings (SSSR count). The minimum atomic E-state index is 0.0219. The van der Waals surface area contributed by atoms with E-state index < -0.39 is 0 Å². The Balaban J connectivity index is 1.96. The van der Waals surface area contributed by atoms with Crippen LogP contribution in [-0.2, 0) is 13.5 Å². The summed E-state index contributed by atoms with van der Waals surface area (Å²) in [7, 11) is 1.89. The van der Waals surface area contributed by atoms with E-state index in [0.717, 1.165) is 17.8 Å². The third-order valence-corrected chi connectivity index (χ3v) is 3.58. The van der Waals surface area contributed by atoms with E-state index in [1.54, 1.807) is 6.33 Å². The highest BCUT2D eigenvalue weighted by Gasteiger charge is 2.12. The van der Waals surface area contributed by atoms with Crippen LogP contribution < -0.4 is 10.6 Å². The van der Waals surface area contributed by atoms with Gasteiger partial charge >= 0.3 is 0 Å². The molecule has 0 radical (unpaired) electrons. The van der Waals surface area contributed by atoms with Gasteiger partial charge in [-0.2, -0.15) is 9.97 Å². The van der Waals surface area contributed by atoms with Crippen molar-refractivity contribution in [3.8, 4) is 0 Å². The van der Waals surface area contributed by atoms with E-state index in [-0.39, 0.29) is 6.61 Å². The van der Waals surface area contributed by atoms with Gasteiger partial charge in [0.05, 0.1) is 12.9 Å². The number of fused-ring (bicyclic) bond motifs is 1. The quantitative estimate of drug-likeness (QED) is 0.646. The Kier molecular flexibility index (Phi) is 4.38. The lowest BCUT2D eigenvalue weighted by Gasteiger charge is -2.10. The highest BCUT2D eigenvalue weighted by Crippen LogP contribution is 2.24. The summed E-state index contributed by atoms with van der Waals surface area (Å²) >= 11 is 0. The highest BCUT2D eigenvalue weighted by atomic mass is 16.3. The third-order valence-electron chi connectivity index (χ3n) is 3.58. The molecule has 2 aromatic heterocycles. The summed E-state index contributed by atoms with van der Waals surface area (Å²) < 4.78 is 1.84. The molecule has 0 saturated carbocycles. The first kappa shape index (κ1) is 15.2. The molecule has 0 spiro atoms. The van der Waals surface area contributed by atoms with Gasteiger partial charge < -0.3 is 20.3 Å². The van der Waals surface area contributed by atoms with Crippen LogP contribution in [0.2, 0.25) is 0 Å². The molecule has 7 nitrogen and oxygen atoms in total. The summed E-state index contributed by atoms with van der Waals surface area (Å²) in [5.74, 6) is 1.10. The van der Waals surface area contributed by atoms with Gasteiger partial charge in [-0.1, -0.05) is 19.1 Å². The van der Waals surface area contributed by atoms with E-state index in [1.165, 1.54) is 5.56 Å². The molecule has 3 aromatic rings. The zero-order chi connectivity index (χ0) is 16.2. The molecule has 23 heavy (non-hydrogen) atoms. The number of anilines is 3. The maximum Gasteiger partial charge on any atom is 0.226 e. The Morgan fingerprint density at radius 1 is 1.17 bits per heavy atom. The number of aryl methyl sites for hydroxylation is 2. The van der Waals surface area contributed by atoms with Crippen LogP contribution in [0.4, 0.5) is 17.5 Å². The summed E-state index contributed by atoms with van der Waals surface area (Å²) in [5.41, 5.74) is 3.67. The van der Waals surface area contributed by atoms with Crippen molar-refractivity contribution in [2.45, 2.75) is 13.3 Å². The summed E-state index contributed by atoms with van der Waals surface area (Å²) in [6, 6.07) is 8.22. The van der Waals surface area contributed by atoms with Crippen LogP contribution in [0.15, 0.2) is 30.6 Å². The molecule has 0 saturated heterocycles. The molecule has 0 aliphatic carbocycles. The van der Waals surface area contributed by atoms with Gasteiger partial charge in [0.15, 0.2) is 17.0 Å². The number of aromatic nitrogens is 4. The lowest BCUT2D eigenvalue weighted by molar-refractivity contribution is 0.311. The Labute approximate surface area is 134 Å². The Morgan fingerprint density at radius 2 is 1.96 bits per heavy atom. The second kappa shape index (κ2) is 6.62. The number of benzene rings is 1. The van der Waals surface area contributed by atoms with Gasteiger partial charge in [-0.15, -0.1) is 0 Å². The fourth-order valence-corrected chi connectivity index (χ4v) is 2.30. The first-order valence-corrected chi connectivity index (χ1v) is 7.61. The van der Waals surface area contributed by atoms with Gasteiger partial charge in [-0.25, -0.2) is 4.98 Å². The average Bonchev–Trinajstić information content (AvgIpc) is 2.95. The number of nitrogens with zero attached hydrogens (tertiary/aromatic N) is 4. The van der Waals surface area contributed by atoms with E-state index in [4.69, 9.17) is 5.11 Å². The molecule has 0 unspecified atom stereocenters. The van der Waals surface area contributed by atoms with Gasteiger partial charge in [0.25, 0.3) is 0 Å². The van der Waals surface area contributed by atoms with Crippen molar-refractivity contribution in [3.63, 3.8) is 0 Å². The molecule has 120 valence electrons. The Hall–Kier alpha value is -2.67. The zero-order valence-electron chi connectivity index (χ0n) is 13.2. The van der Waals surface area contributed by atoms with E-state index in [9.17, 15) is 0 Å². The van der Waals surface area contributed by atoms with Crippen LogP contribution in [0.1, 0.15) is 12.5 Å². The van der Waals surface area contributed by atoms with E-state index in [1.807, 2.05) is 23.7 Å². The first-order chi connectivity index (χ1) is 11.2. The van der Waals surface area contributed by atoms with Gasteiger partial charge in [-0.3, -0.25) is 0 Å². The van der Waals surface area contributed by atoms with Gasteiger partial charge in [0.1, 0.15) is 0 Å². The van der Waals surface area contributed by atoms with Crippen LogP contribution in [0.3, 0.4) is 0 Å². The molecule has 2 heterocycles. The minimum Gasteiger partial charge on any atom is -0.395 e. The number of aliphatic hydroxyl groups excluding tert-OH is 1. The number of nitrogens with one attached hydrogen (secondary N) is 2. The molecule has 0 fully saturated rings. The topological polar surface area (TPSA) is 87.9 Å². The van der Waals surface area contributed by atoms with Gasteiger partial charge in [-0.05, 0) is 24.1 Å². The normalized spacial score (nSPS) is 10.9. The Morgan fingerprint density at radius 3 is 2.65 bits per heavy atom. The third kappa shape index (κ3) is 3.24. The van der Waals surface area contributed by atoms with Gasteiger partial charge in [0, 0.05) is 19.3 Å². The van der Waals surface area contributed by atoms with Crippen molar-refractivity contribution in [3.05, 3.63) is 36.2 Å². The van der Waals surface area contributed by atoms with Crippen LogP contribution in [-0.4, -0.2) is 37.8 Å². The fraction of sp³-hybridized carbons (Fsp3) is 0.312. The molecule has 7 heteroatoms. The second-order valence-corrected chi connectivity index (χ2v) is 5.25. The molecule has 0 atom stereocenters. The Bertz CT molecular complexity index is 796. The molecular formula is C16H20N6O. The maximum absolute atomic E-state index is 8.96. The highest BCUT2D eigenvalue weighted by molar-refractivity contribution is 5.86. The number of imidazole rings is 1. The lowest BCUT2D eigenvalue weighted by atomic mass is 10.1. The summed E-state index contributed by atoms with van der Waals surface area (Å²) in [6.07, 6.45) is 2.72. The molecule has 1 aromatic carbocycles. The number of rotatable bonds is 6. The predicted molar refractivity (Wildman–Crippen MR) is 91.0 cm³/mol. The van der Waals surface area contributed by atoms with E-state index in [2.05, 4.69) is 44.6 Å². The largest absolute Gasteiger partial charge is 0.395 e. The van der Waals surface area contributed by atoms with Crippen LogP contribution in [0.5, 0.6) is 0 Å². The molecule has 0 aliphatic heterocycles. The van der Waals surface area contributed by atoms with Crippen molar-refractivity contribution >= 4 is 28.6 Å². The second-order valence-electron chi connectivity index (χ2n) is 5.25. The number of hydrogen-bond acceptors (Lipinski definition) is 6. The van der Waals surface area contributed by atoms with Crippen LogP contribution >= 0.6 is 0 Å². The molecule has 0 bridgehead atoms. The number of hydrogen-bond donors (Lipinski definition) is 3. The van der Waals surface area contributed by atoms with Crippen molar-refractivity contribution in [1.82, 2.24) is 19.5 Å². The average molecular weight is 312 g/mol. The van der Waals surface area contributed by atoms with Crippen molar-refractivity contribution < 1.29 is 5.11 Å². The van der Waals surface area contributed by atoms with E-state index >= 15 is 0 Å². The standard InChI is InChI=1S/C16H20N6O/c1-3-11-4-6-12(7-5-11)19-14-13-15(22(2)10-18-13)21-16(20-14)17-8-9-23/h4-7,10,23H,3,8-9H2,1-2H3,(H2,17,19,20,21). The van der Waals surface area contributed by atoms with Crippen molar-refractivity contribution in [1.29, 1.82) is 0 Å². The lowest BCUT2D eigenvalue weighted by Crippen LogP contribution is -2.10. The van der Waals surface area contributed by atoms with Crippen molar-refractivity contribution in [2.24, 2.45) is 7.05 Å². The SMILES string of the molecule is CCc1ccc(Nc2nc(NCCO)nc3c2ncn3C)cc1. The van der Waals surface area contributed by atoms with Crippen LogP contribution in [0, 0.1) is 0 Å². The minimum absolute atomic E-state index is 0.0219. The first-order valence-electron chi connectivity index (χ1n) is 7.61. The molecular weight excluding hydrogens is 292 g/mol. The van der Waals surface area contributed by atoms with Gasteiger partial charge in [0.2, 0.25) is 5.95 Å². The fourth-order valence-electron chi connectivity index (χ4n) is 2.30. The summed E-state index contributed by atoms with van der Waals surface area (Å²) in [6.45, 7) is 2.55. The predicted octanol–water partition coefficient (Wildman–Crippen LogP) is 2.07. The maximum atomic E-state index is 8.96. The van der Waals surface area contributed by atoms with E-state index in [0.29, 0.717) is 23.8 Å².